The normalized spacial score (nSPS) is 12.0. The summed E-state index contributed by atoms with van der Waals surface area (Å²) < 4.78 is 43.3. The number of carbonyl (C=O) groups is 2. The molecule has 0 unspecified atom stereocenters. The predicted molar refractivity (Wildman–Crippen MR) is 120 cm³/mol. The number of sulfonamides is 1. The molecule has 0 saturated heterocycles. The van der Waals surface area contributed by atoms with Gasteiger partial charge in [-0.3, -0.25) is 9.59 Å². The number of amides is 2. The van der Waals surface area contributed by atoms with Gasteiger partial charge >= 0.3 is 0 Å². The molecule has 0 aromatic heterocycles. The fraction of sp³-hybridized carbons (Fsp3) is 0.333. The number of ether oxygens (including phenoxy) is 3. The van der Waals surface area contributed by atoms with E-state index in [-0.39, 0.29) is 10.8 Å². The molecule has 32 heavy (non-hydrogen) atoms. The lowest BCUT2D eigenvalue weighted by molar-refractivity contribution is -0.117. The van der Waals surface area contributed by atoms with Gasteiger partial charge in [-0.05, 0) is 43.3 Å². The van der Waals surface area contributed by atoms with E-state index in [0.29, 0.717) is 36.1 Å². The van der Waals surface area contributed by atoms with Crippen molar-refractivity contribution < 1.29 is 32.2 Å². The Labute approximate surface area is 187 Å². The fourth-order valence-corrected chi connectivity index (χ4v) is 3.83. The first-order valence-electron chi connectivity index (χ1n) is 9.67. The van der Waals surface area contributed by atoms with E-state index in [1.165, 1.54) is 45.2 Å². The maximum Gasteiger partial charge on any atom is 0.242 e. The van der Waals surface area contributed by atoms with Crippen molar-refractivity contribution in [3.05, 3.63) is 42.5 Å². The van der Waals surface area contributed by atoms with E-state index in [4.69, 9.17) is 14.2 Å². The van der Waals surface area contributed by atoms with Crippen LogP contribution in [0.2, 0.25) is 0 Å². The van der Waals surface area contributed by atoms with E-state index in [0.717, 1.165) is 0 Å². The lowest BCUT2D eigenvalue weighted by atomic mass is 10.2. The maximum absolute atomic E-state index is 12.6. The molecule has 0 aliphatic rings. The quantitative estimate of drug-likeness (QED) is 0.432. The molecule has 10 nitrogen and oxygen atoms in total. The summed E-state index contributed by atoms with van der Waals surface area (Å²) in [6, 6.07) is 9.36. The van der Waals surface area contributed by atoms with Gasteiger partial charge in [0.15, 0.2) is 11.5 Å². The van der Waals surface area contributed by atoms with Gasteiger partial charge in [0.1, 0.15) is 6.61 Å². The zero-order valence-corrected chi connectivity index (χ0v) is 19.1. The number of rotatable bonds is 11. The highest BCUT2D eigenvalue weighted by atomic mass is 32.2. The summed E-state index contributed by atoms with van der Waals surface area (Å²) >= 11 is 0. The van der Waals surface area contributed by atoms with Crippen LogP contribution in [0.4, 0.5) is 11.4 Å². The molecule has 1 atom stereocenters. The van der Waals surface area contributed by atoms with E-state index in [1.54, 1.807) is 25.3 Å². The van der Waals surface area contributed by atoms with Gasteiger partial charge < -0.3 is 24.8 Å². The van der Waals surface area contributed by atoms with E-state index >= 15 is 0 Å². The number of methoxy groups -OCH3 is 2. The minimum atomic E-state index is -3.96. The summed E-state index contributed by atoms with van der Waals surface area (Å²) in [7, 11) is -0.909. The lowest BCUT2D eigenvalue weighted by Crippen LogP contribution is -2.41. The minimum absolute atomic E-state index is 0.0375. The SMILES string of the molecule is COCCOc1cc(NC(=O)[C@H](C)NS(=O)(=O)c2ccc(NC(C)=O)cc2)ccc1OC. The molecule has 174 valence electrons. The van der Waals surface area contributed by atoms with Gasteiger partial charge in [-0.1, -0.05) is 0 Å². The molecule has 0 spiro atoms. The molecule has 0 saturated carbocycles. The Morgan fingerprint density at radius 1 is 0.938 bits per heavy atom. The van der Waals surface area contributed by atoms with Gasteiger partial charge in [0.25, 0.3) is 0 Å². The van der Waals surface area contributed by atoms with Crippen LogP contribution in [0.15, 0.2) is 47.4 Å². The maximum atomic E-state index is 12.6. The van der Waals surface area contributed by atoms with Crippen molar-refractivity contribution in [2.24, 2.45) is 0 Å². The van der Waals surface area contributed by atoms with Crippen molar-refractivity contribution in [1.82, 2.24) is 4.72 Å². The minimum Gasteiger partial charge on any atom is -0.493 e. The first-order valence-corrected chi connectivity index (χ1v) is 11.1. The third-order valence-corrected chi connectivity index (χ3v) is 5.74. The van der Waals surface area contributed by atoms with E-state index in [2.05, 4.69) is 15.4 Å². The van der Waals surface area contributed by atoms with Crippen LogP contribution >= 0.6 is 0 Å². The van der Waals surface area contributed by atoms with Crippen LogP contribution in [0.5, 0.6) is 11.5 Å². The summed E-state index contributed by atoms with van der Waals surface area (Å²) in [5.41, 5.74) is 0.874. The Morgan fingerprint density at radius 2 is 1.59 bits per heavy atom. The first-order chi connectivity index (χ1) is 15.2. The fourth-order valence-electron chi connectivity index (χ4n) is 2.63. The summed E-state index contributed by atoms with van der Waals surface area (Å²) in [6.45, 7) is 3.45. The zero-order chi connectivity index (χ0) is 23.7. The largest absolute Gasteiger partial charge is 0.493 e. The molecule has 0 aliphatic carbocycles. The van der Waals surface area contributed by atoms with Gasteiger partial charge in [-0.25, -0.2) is 8.42 Å². The Morgan fingerprint density at radius 3 is 2.19 bits per heavy atom. The van der Waals surface area contributed by atoms with E-state index < -0.39 is 22.0 Å². The van der Waals surface area contributed by atoms with Crippen LogP contribution < -0.4 is 24.8 Å². The average Bonchev–Trinajstić information content (AvgIpc) is 2.73. The molecule has 11 heteroatoms. The number of hydrogen-bond acceptors (Lipinski definition) is 7. The molecular formula is C21H27N3O7S. The second-order valence-corrected chi connectivity index (χ2v) is 8.46. The van der Waals surface area contributed by atoms with Crippen molar-refractivity contribution in [2.45, 2.75) is 24.8 Å². The summed E-state index contributed by atoms with van der Waals surface area (Å²) in [5, 5.41) is 5.20. The number of hydrogen-bond donors (Lipinski definition) is 3. The van der Waals surface area contributed by atoms with Gasteiger partial charge in [0.05, 0.1) is 24.7 Å². The smallest absolute Gasteiger partial charge is 0.242 e. The number of benzene rings is 2. The average molecular weight is 466 g/mol. The summed E-state index contributed by atoms with van der Waals surface area (Å²) in [4.78, 5) is 23.6. The molecule has 2 aromatic carbocycles. The van der Waals surface area contributed by atoms with Gasteiger partial charge in [0, 0.05) is 31.5 Å². The Balaban J connectivity index is 2.05. The molecule has 0 heterocycles. The van der Waals surface area contributed by atoms with Crippen LogP contribution in [0.25, 0.3) is 0 Å². The van der Waals surface area contributed by atoms with E-state index in [9.17, 15) is 18.0 Å². The second-order valence-electron chi connectivity index (χ2n) is 6.74. The Kier molecular flexibility index (Phi) is 9.00. The summed E-state index contributed by atoms with van der Waals surface area (Å²) in [6.07, 6.45) is 0. The van der Waals surface area contributed by atoms with Crippen molar-refractivity contribution in [2.75, 3.05) is 38.1 Å². The highest BCUT2D eigenvalue weighted by Gasteiger charge is 2.22. The van der Waals surface area contributed by atoms with Crippen LogP contribution in [-0.2, 0) is 24.3 Å². The second kappa shape index (κ2) is 11.5. The van der Waals surface area contributed by atoms with Crippen molar-refractivity contribution >= 4 is 33.2 Å². The third kappa shape index (κ3) is 7.22. The monoisotopic (exact) mass is 465 g/mol. The van der Waals surface area contributed by atoms with Crippen LogP contribution in [0, 0.1) is 0 Å². The molecule has 0 fully saturated rings. The zero-order valence-electron chi connectivity index (χ0n) is 18.3. The lowest BCUT2D eigenvalue weighted by Gasteiger charge is -2.16. The Bertz CT molecular complexity index is 1040. The predicted octanol–water partition coefficient (Wildman–Crippen LogP) is 1.98. The van der Waals surface area contributed by atoms with Gasteiger partial charge in [0.2, 0.25) is 21.8 Å². The molecule has 0 aliphatic heterocycles. The number of carbonyl (C=O) groups excluding carboxylic acids is 2. The number of nitrogens with one attached hydrogen (secondary N) is 3. The Hall–Kier alpha value is -3.15. The van der Waals surface area contributed by atoms with E-state index in [1.807, 2.05) is 0 Å². The topological polar surface area (TPSA) is 132 Å². The molecule has 0 radical (unpaired) electrons. The van der Waals surface area contributed by atoms with Crippen LogP contribution in [0.1, 0.15) is 13.8 Å². The first kappa shape index (κ1) is 25.1. The number of anilines is 2. The van der Waals surface area contributed by atoms with Crippen molar-refractivity contribution in [3.63, 3.8) is 0 Å². The molecule has 2 rings (SSSR count). The highest BCUT2D eigenvalue weighted by Crippen LogP contribution is 2.30. The van der Waals surface area contributed by atoms with Gasteiger partial charge in [-0.15, -0.1) is 0 Å². The van der Waals surface area contributed by atoms with Crippen LogP contribution in [-0.4, -0.2) is 53.7 Å². The van der Waals surface area contributed by atoms with Crippen LogP contribution in [0.3, 0.4) is 0 Å². The highest BCUT2D eigenvalue weighted by molar-refractivity contribution is 7.89. The molecule has 2 aromatic rings. The van der Waals surface area contributed by atoms with Crippen molar-refractivity contribution in [1.29, 1.82) is 0 Å². The third-order valence-electron chi connectivity index (χ3n) is 4.19. The molecule has 2 amide bonds. The standard InChI is InChI=1S/C21H27N3O7S/c1-14(24-32(27,28)18-8-5-16(6-9-18)22-15(2)25)21(26)23-17-7-10-19(30-4)20(13-17)31-12-11-29-3/h5-10,13-14,24H,11-12H2,1-4H3,(H,22,25)(H,23,26)/t14-/m0/s1. The molecular weight excluding hydrogens is 438 g/mol. The van der Waals surface area contributed by atoms with Gasteiger partial charge in [-0.2, -0.15) is 4.72 Å². The molecule has 3 N–H and O–H groups in total. The van der Waals surface area contributed by atoms with Crippen molar-refractivity contribution in [3.8, 4) is 11.5 Å². The summed E-state index contributed by atoms with van der Waals surface area (Å²) in [5.74, 6) is 0.0664. The molecule has 0 bridgehead atoms.